The Balaban J connectivity index is 0.00000280. The summed E-state index contributed by atoms with van der Waals surface area (Å²) in [7, 11) is 3.46. The summed E-state index contributed by atoms with van der Waals surface area (Å²) >= 11 is 0. The minimum absolute atomic E-state index is 0. The standard InChI is InChI=1S/C20H28FN5O.HI/c1-15-8-10-25(13-18(15)26-11-9-23-14-26)20(22-2)24-12-19(27-3)16-4-6-17(21)7-5-16;/h4-7,9,11,14-15,18-19H,8,10,12-13H2,1-3H3,(H,22,24);1H. The summed E-state index contributed by atoms with van der Waals surface area (Å²) in [4.78, 5) is 10.9. The predicted molar refractivity (Wildman–Crippen MR) is 120 cm³/mol. The van der Waals surface area contributed by atoms with Crippen molar-refractivity contribution in [3.63, 3.8) is 0 Å². The lowest BCUT2D eigenvalue weighted by Crippen LogP contribution is -2.49. The van der Waals surface area contributed by atoms with Crippen molar-refractivity contribution >= 4 is 29.9 Å². The number of ether oxygens (including phenoxy) is 1. The molecule has 0 radical (unpaired) electrons. The number of guanidine groups is 1. The van der Waals surface area contributed by atoms with Gasteiger partial charge in [0.1, 0.15) is 5.82 Å². The van der Waals surface area contributed by atoms with E-state index in [9.17, 15) is 4.39 Å². The molecule has 0 amide bonds. The van der Waals surface area contributed by atoms with E-state index in [2.05, 4.69) is 31.7 Å². The molecule has 0 aliphatic carbocycles. The molecule has 2 heterocycles. The molecule has 1 aliphatic rings. The fraction of sp³-hybridized carbons (Fsp3) is 0.500. The summed E-state index contributed by atoms with van der Waals surface area (Å²) in [5.41, 5.74) is 0.936. The summed E-state index contributed by atoms with van der Waals surface area (Å²) in [6.07, 6.45) is 6.66. The molecular weight excluding hydrogens is 472 g/mol. The SMILES string of the molecule is CN=C(NCC(OC)c1ccc(F)cc1)N1CCC(C)C(n2ccnc2)C1.I. The predicted octanol–water partition coefficient (Wildman–Crippen LogP) is 3.49. The van der Waals surface area contributed by atoms with Gasteiger partial charge in [-0.15, -0.1) is 24.0 Å². The lowest BCUT2D eigenvalue weighted by atomic mass is 9.93. The average molecular weight is 501 g/mol. The third kappa shape index (κ3) is 5.44. The average Bonchev–Trinajstić information content (AvgIpc) is 3.22. The Morgan fingerprint density at radius 2 is 2.14 bits per heavy atom. The van der Waals surface area contributed by atoms with Crippen LogP contribution < -0.4 is 5.32 Å². The second-order valence-corrected chi connectivity index (χ2v) is 6.99. The molecule has 28 heavy (non-hydrogen) atoms. The molecule has 3 atom stereocenters. The topological polar surface area (TPSA) is 54.7 Å². The fourth-order valence-corrected chi connectivity index (χ4v) is 3.63. The molecule has 3 unspecified atom stereocenters. The minimum Gasteiger partial charge on any atom is -0.375 e. The van der Waals surface area contributed by atoms with Crippen molar-refractivity contribution in [3.8, 4) is 0 Å². The Bertz CT molecular complexity index is 738. The summed E-state index contributed by atoms with van der Waals surface area (Å²) < 4.78 is 20.9. The molecular formula is C20H29FIN5O. The van der Waals surface area contributed by atoms with Crippen molar-refractivity contribution in [2.45, 2.75) is 25.5 Å². The zero-order valence-electron chi connectivity index (χ0n) is 16.6. The number of aromatic nitrogens is 2. The second kappa shape index (κ2) is 10.8. The van der Waals surface area contributed by atoms with Gasteiger partial charge in [-0.3, -0.25) is 4.99 Å². The maximum atomic E-state index is 13.2. The third-order valence-corrected chi connectivity index (χ3v) is 5.31. The summed E-state index contributed by atoms with van der Waals surface area (Å²) in [6, 6.07) is 6.79. The number of halogens is 2. The van der Waals surface area contributed by atoms with E-state index in [0.29, 0.717) is 18.5 Å². The Kier molecular flexibility index (Phi) is 8.68. The number of hydrogen-bond acceptors (Lipinski definition) is 3. The zero-order valence-corrected chi connectivity index (χ0v) is 18.9. The molecule has 1 fully saturated rings. The van der Waals surface area contributed by atoms with Gasteiger partial charge >= 0.3 is 0 Å². The highest BCUT2D eigenvalue weighted by atomic mass is 127. The van der Waals surface area contributed by atoms with Crippen molar-refractivity contribution in [1.29, 1.82) is 0 Å². The van der Waals surface area contributed by atoms with Gasteiger partial charge in [-0.1, -0.05) is 19.1 Å². The Hall–Kier alpha value is -1.68. The largest absolute Gasteiger partial charge is 0.375 e. The first kappa shape index (κ1) is 22.6. The van der Waals surface area contributed by atoms with Gasteiger partial charge < -0.3 is 19.5 Å². The molecule has 1 aromatic heterocycles. The maximum Gasteiger partial charge on any atom is 0.193 e. The highest BCUT2D eigenvalue weighted by Crippen LogP contribution is 2.27. The van der Waals surface area contributed by atoms with Crippen LogP contribution >= 0.6 is 24.0 Å². The summed E-state index contributed by atoms with van der Waals surface area (Å²) in [5.74, 6) is 1.20. The molecule has 0 saturated carbocycles. The molecule has 1 N–H and O–H groups in total. The Labute approximate surface area is 183 Å². The molecule has 1 saturated heterocycles. The number of piperidine rings is 1. The van der Waals surface area contributed by atoms with E-state index in [-0.39, 0.29) is 35.9 Å². The zero-order chi connectivity index (χ0) is 19.2. The van der Waals surface area contributed by atoms with Crippen molar-refractivity contribution in [2.24, 2.45) is 10.9 Å². The third-order valence-electron chi connectivity index (χ3n) is 5.31. The van der Waals surface area contributed by atoms with Gasteiger partial charge in [0.15, 0.2) is 5.96 Å². The summed E-state index contributed by atoms with van der Waals surface area (Å²) in [5, 5.41) is 3.42. The molecule has 154 valence electrons. The quantitative estimate of drug-likeness (QED) is 0.388. The van der Waals surface area contributed by atoms with Gasteiger partial charge in [-0.2, -0.15) is 0 Å². The highest BCUT2D eigenvalue weighted by molar-refractivity contribution is 14.0. The monoisotopic (exact) mass is 501 g/mol. The van der Waals surface area contributed by atoms with E-state index < -0.39 is 0 Å². The van der Waals surface area contributed by atoms with Gasteiger partial charge in [0.25, 0.3) is 0 Å². The number of benzene rings is 1. The van der Waals surface area contributed by atoms with E-state index in [0.717, 1.165) is 31.0 Å². The van der Waals surface area contributed by atoms with Crippen LogP contribution in [0.25, 0.3) is 0 Å². The molecule has 1 aromatic carbocycles. The molecule has 3 rings (SSSR count). The van der Waals surface area contributed by atoms with E-state index in [4.69, 9.17) is 4.74 Å². The fourth-order valence-electron chi connectivity index (χ4n) is 3.63. The van der Waals surface area contributed by atoms with Crippen LogP contribution in [0.3, 0.4) is 0 Å². The first-order chi connectivity index (χ1) is 13.1. The van der Waals surface area contributed by atoms with Crippen LogP contribution in [0.1, 0.15) is 31.1 Å². The first-order valence-electron chi connectivity index (χ1n) is 9.33. The minimum atomic E-state index is -0.245. The van der Waals surface area contributed by atoms with Crippen LogP contribution in [0, 0.1) is 11.7 Å². The van der Waals surface area contributed by atoms with Crippen molar-refractivity contribution in [1.82, 2.24) is 19.8 Å². The molecule has 1 aliphatic heterocycles. The number of nitrogens with one attached hydrogen (secondary N) is 1. The van der Waals surface area contributed by atoms with Gasteiger partial charge in [0.2, 0.25) is 0 Å². The normalized spacial score (nSPS) is 21.1. The van der Waals surface area contributed by atoms with E-state index >= 15 is 0 Å². The molecule has 6 nitrogen and oxygen atoms in total. The summed E-state index contributed by atoms with van der Waals surface area (Å²) in [6.45, 7) is 4.69. The van der Waals surface area contributed by atoms with Crippen LogP contribution in [-0.2, 0) is 4.74 Å². The van der Waals surface area contributed by atoms with E-state index in [1.54, 1.807) is 26.3 Å². The van der Waals surface area contributed by atoms with Crippen LogP contribution in [0.15, 0.2) is 48.0 Å². The number of aliphatic imine (C=N–C) groups is 1. The lowest BCUT2D eigenvalue weighted by Gasteiger charge is -2.39. The van der Waals surface area contributed by atoms with Crippen molar-refractivity contribution in [3.05, 3.63) is 54.4 Å². The number of likely N-dealkylation sites (tertiary alicyclic amines) is 1. The smallest absolute Gasteiger partial charge is 0.193 e. The van der Waals surface area contributed by atoms with Crippen LogP contribution in [0.4, 0.5) is 4.39 Å². The van der Waals surface area contributed by atoms with Crippen molar-refractivity contribution < 1.29 is 9.13 Å². The molecule has 8 heteroatoms. The van der Waals surface area contributed by atoms with Gasteiger partial charge in [-0.05, 0) is 30.0 Å². The number of rotatable bonds is 5. The first-order valence-corrected chi connectivity index (χ1v) is 9.33. The Morgan fingerprint density at radius 3 is 2.75 bits per heavy atom. The number of nitrogens with zero attached hydrogens (tertiary/aromatic N) is 4. The van der Waals surface area contributed by atoms with Gasteiger partial charge in [0, 0.05) is 46.2 Å². The maximum absolute atomic E-state index is 13.2. The number of imidazole rings is 1. The van der Waals surface area contributed by atoms with Gasteiger partial charge in [-0.25, -0.2) is 9.37 Å². The molecule has 0 bridgehead atoms. The second-order valence-electron chi connectivity index (χ2n) is 6.99. The Morgan fingerprint density at radius 1 is 1.39 bits per heavy atom. The molecule has 0 spiro atoms. The lowest BCUT2D eigenvalue weighted by molar-refractivity contribution is 0.105. The number of hydrogen-bond donors (Lipinski definition) is 1. The number of methoxy groups -OCH3 is 1. The van der Waals surface area contributed by atoms with Gasteiger partial charge in [0.05, 0.1) is 18.5 Å². The van der Waals surface area contributed by atoms with Crippen LogP contribution in [-0.4, -0.2) is 54.2 Å². The molecule has 2 aromatic rings. The van der Waals surface area contributed by atoms with E-state index in [1.165, 1.54) is 12.1 Å². The van der Waals surface area contributed by atoms with Crippen molar-refractivity contribution in [2.75, 3.05) is 33.8 Å². The van der Waals surface area contributed by atoms with Crippen LogP contribution in [0.5, 0.6) is 0 Å². The van der Waals surface area contributed by atoms with Crippen LogP contribution in [0.2, 0.25) is 0 Å². The highest BCUT2D eigenvalue weighted by Gasteiger charge is 2.29. The van der Waals surface area contributed by atoms with E-state index in [1.807, 2.05) is 18.7 Å².